The molecule has 2 saturated heterocycles. The molecule has 144 valence electrons. The van der Waals surface area contributed by atoms with Crippen LogP contribution in [-0.2, 0) is 18.4 Å². The lowest BCUT2D eigenvalue weighted by Crippen LogP contribution is -2.72. The highest BCUT2D eigenvalue weighted by Crippen LogP contribution is 2.38. The van der Waals surface area contributed by atoms with Crippen molar-refractivity contribution in [3.63, 3.8) is 0 Å². The molecule has 0 aliphatic carbocycles. The zero-order chi connectivity index (χ0) is 18.9. The van der Waals surface area contributed by atoms with E-state index in [2.05, 4.69) is 22.0 Å². The Morgan fingerprint density at radius 1 is 1.26 bits per heavy atom. The van der Waals surface area contributed by atoms with Crippen LogP contribution in [0.2, 0.25) is 0 Å². The number of carbonyl (C=O) groups is 1. The highest BCUT2D eigenvalue weighted by molar-refractivity contribution is 5.93. The highest BCUT2D eigenvalue weighted by Gasteiger charge is 2.51. The number of nitrogens with zero attached hydrogens (tertiary/aromatic N) is 5. The first-order valence-corrected chi connectivity index (χ1v) is 9.54. The number of aryl methyl sites for hydroxylation is 1. The number of piperidine rings is 1. The SMILES string of the molecule is CN1CCC(COCc2ccccn2)CC12CN(C(=O)c1ccnn1C)C2. The third-order valence-corrected chi connectivity index (χ3v) is 5.98. The third-order valence-electron chi connectivity index (χ3n) is 5.98. The molecular formula is C20H27N5O2. The van der Waals surface area contributed by atoms with Gasteiger partial charge in [-0.1, -0.05) is 6.07 Å². The van der Waals surface area contributed by atoms with Crippen molar-refractivity contribution in [3.05, 3.63) is 48.0 Å². The molecule has 7 heteroatoms. The maximum absolute atomic E-state index is 12.7. The Labute approximate surface area is 159 Å². The van der Waals surface area contributed by atoms with Gasteiger partial charge < -0.3 is 9.64 Å². The highest BCUT2D eigenvalue weighted by atomic mass is 16.5. The molecule has 2 aliphatic heterocycles. The molecule has 4 heterocycles. The molecule has 7 nitrogen and oxygen atoms in total. The fourth-order valence-electron chi connectivity index (χ4n) is 4.29. The first kappa shape index (κ1) is 18.1. The average molecular weight is 369 g/mol. The molecular weight excluding hydrogens is 342 g/mol. The molecule has 1 unspecified atom stereocenters. The molecule has 2 aromatic rings. The molecule has 0 aromatic carbocycles. The number of hydrogen-bond acceptors (Lipinski definition) is 5. The molecule has 0 bridgehead atoms. The summed E-state index contributed by atoms with van der Waals surface area (Å²) >= 11 is 0. The van der Waals surface area contributed by atoms with Gasteiger partial charge in [-0.2, -0.15) is 5.10 Å². The summed E-state index contributed by atoms with van der Waals surface area (Å²) in [6, 6.07) is 7.67. The minimum atomic E-state index is 0.0718. The van der Waals surface area contributed by atoms with E-state index in [9.17, 15) is 4.79 Å². The van der Waals surface area contributed by atoms with Crippen molar-refractivity contribution >= 4 is 5.91 Å². The van der Waals surface area contributed by atoms with Crippen molar-refractivity contribution in [2.24, 2.45) is 13.0 Å². The largest absolute Gasteiger partial charge is 0.375 e. The van der Waals surface area contributed by atoms with E-state index < -0.39 is 0 Å². The Morgan fingerprint density at radius 2 is 2.11 bits per heavy atom. The number of aromatic nitrogens is 3. The minimum Gasteiger partial charge on any atom is -0.375 e. The molecule has 1 amide bonds. The van der Waals surface area contributed by atoms with Gasteiger partial charge in [0.2, 0.25) is 0 Å². The number of likely N-dealkylation sites (tertiary alicyclic amines) is 2. The van der Waals surface area contributed by atoms with Gasteiger partial charge >= 0.3 is 0 Å². The second kappa shape index (κ2) is 7.40. The van der Waals surface area contributed by atoms with Crippen LogP contribution < -0.4 is 0 Å². The lowest BCUT2D eigenvalue weighted by Gasteiger charge is -2.58. The number of pyridine rings is 1. The smallest absolute Gasteiger partial charge is 0.272 e. The fourth-order valence-corrected chi connectivity index (χ4v) is 4.29. The molecule has 0 N–H and O–H groups in total. The Morgan fingerprint density at radius 3 is 2.81 bits per heavy atom. The van der Waals surface area contributed by atoms with E-state index in [0.29, 0.717) is 18.2 Å². The summed E-state index contributed by atoms with van der Waals surface area (Å²) in [5, 5.41) is 4.11. The van der Waals surface area contributed by atoms with E-state index in [1.165, 1.54) is 0 Å². The summed E-state index contributed by atoms with van der Waals surface area (Å²) < 4.78 is 7.58. The van der Waals surface area contributed by atoms with Crippen molar-refractivity contribution in [2.75, 3.05) is 33.3 Å². The predicted octanol–water partition coefficient (Wildman–Crippen LogP) is 1.57. The number of carbonyl (C=O) groups excluding carboxylic acids is 1. The fraction of sp³-hybridized carbons (Fsp3) is 0.550. The van der Waals surface area contributed by atoms with Crippen molar-refractivity contribution in [2.45, 2.75) is 25.0 Å². The standard InChI is InChI=1S/C20H27N5O2/c1-23-10-7-16(12-27-13-17-5-3-4-8-21-17)11-20(23)14-25(15-20)19(26)18-6-9-22-24(18)2/h3-6,8-9,16H,7,10-15H2,1-2H3. The molecule has 2 fully saturated rings. The van der Waals surface area contributed by atoms with Crippen LogP contribution in [0, 0.1) is 5.92 Å². The van der Waals surface area contributed by atoms with Crippen LogP contribution >= 0.6 is 0 Å². The van der Waals surface area contributed by atoms with E-state index in [1.54, 1.807) is 23.1 Å². The number of ether oxygens (including phenoxy) is 1. The lowest BCUT2D eigenvalue weighted by atomic mass is 9.75. The van der Waals surface area contributed by atoms with E-state index >= 15 is 0 Å². The molecule has 1 spiro atoms. The van der Waals surface area contributed by atoms with E-state index in [0.717, 1.165) is 44.8 Å². The summed E-state index contributed by atoms with van der Waals surface area (Å²) in [7, 11) is 3.99. The van der Waals surface area contributed by atoms with Crippen LogP contribution in [0.15, 0.2) is 36.7 Å². The summed E-state index contributed by atoms with van der Waals surface area (Å²) in [5.41, 5.74) is 1.71. The quantitative estimate of drug-likeness (QED) is 0.801. The summed E-state index contributed by atoms with van der Waals surface area (Å²) in [6.07, 6.45) is 5.67. The monoisotopic (exact) mass is 369 g/mol. The van der Waals surface area contributed by atoms with Gasteiger partial charge in [-0.05, 0) is 50.6 Å². The van der Waals surface area contributed by atoms with Crippen LogP contribution in [0.1, 0.15) is 29.0 Å². The van der Waals surface area contributed by atoms with Crippen molar-refractivity contribution in [1.29, 1.82) is 0 Å². The van der Waals surface area contributed by atoms with Crippen LogP contribution in [0.4, 0.5) is 0 Å². The van der Waals surface area contributed by atoms with Crippen molar-refractivity contribution < 1.29 is 9.53 Å². The zero-order valence-electron chi connectivity index (χ0n) is 16.0. The van der Waals surface area contributed by atoms with Gasteiger partial charge in [-0.25, -0.2) is 0 Å². The predicted molar refractivity (Wildman–Crippen MR) is 101 cm³/mol. The molecule has 2 aliphatic rings. The van der Waals surface area contributed by atoms with Gasteiger partial charge in [0.1, 0.15) is 5.69 Å². The number of hydrogen-bond donors (Lipinski definition) is 0. The van der Waals surface area contributed by atoms with Crippen LogP contribution in [0.25, 0.3) is 0 Å². The first-order valence-electron chi connectivity index (χ1n) is 9.54. The average Bonchev–Trinajstić information content (AvgIpc) is 3.07. The van der Waals surface area contributed by atoms with Gasteiger partial charge in [0.15, 0.2) is 0 Å². The Balaban J connectivity index is 1.31. The van der Waals surface area contributed by atoms with E-state index in [1.807, 2.05) is 30.1 Å². The summed E-state index contributed by atoms with van der Waals surface area (Å²) in [5.74, 6) is 0.599. The van der Waals surface area contributed by atoms with E-state index in [4.69, 9.17) is 4.74 Å². The van der Waals surface area contributed by atoms with Gasteiger partial charge in [-0.3, -0.25) is 19.4 Å². The number of rotatable bonds is 5. The van der Waals surface area contributed by atoms with Gasteiger partial charge in [0, 0.05) is 32.5 Å². The molecule has 0 saturated carbocycles. The Kier molecular flexibility index (Phi) is 4.97. The van der Waals surface area contributed by atoms with Gasteiger partial charge in [0.05, 0.1) is 24.4 Å². The second-order valence-electron chi connectivity index (χ2n) is 7.84. The number of likely N-dealkylation sites (N-methyl/N-ethyl adjacent to an activating group) is 1. The first-order chi connectivity index (χ1) is 13.1. The molecule has 1 atom stereocenters. The maximum atomic E-state index is 12.7. The maximum Gasteiger partial charge on any atom is 0.272 e. The summed E-state index contributed by atoms with van der Waals surface area (Å²) in [6.45, 7) is 3.92. The van der Waals surface area contributed by atoms with Crippen LogP contribution in [-0.4, -0.2) is 69.3 Å². The lowest BCUT2D eigenvalue weighted by molar-refractivity contribution is -0.0771. The normalized spacial score (nSPS) is 22.0. The van der Waals surface area contributed by atoms with Gasteiger partial charge in [-0.15, -0.1) is 0 Å². The second-order valence-corrected chi connectivity index (χ2v) is 7.84. The third kappa shape index (κ3) is 3.61. The molecule has 27 heavy (non-hydrogen) atoms. The topological polar surface area (TPSA) is 63.5 Å². The summed E-state index contributed by atoms with van der Waals surface area (Å²) in [4.78, 5) is 21.3. The number of amides is 1. The minimum absolute atomic E-state index is 0.0718. The van der Waals surface area contributed by atoms with E-state index in [-0.39, 0.29) is 11.4 Å². The Bertz CT molecular complexity index is 785. The molecule has 4 rings (SSSR count). The zero-order valence-corrected chi connectivity index (χ0v) is 16.0. The van der Waals surface area contributed by atoms with Gasteiger partial charge in [0.25, 0.3) is 5.91 Å². The van der Waals surface area contributed by atoms with Crippen LogP contribution in [0.5, 0.6) is 0 Å². The van der Waals surface area contributed by atoms with Crippen molar-refractivity contribution in [3.8, 4) is 0 Å². The van der Waals surface area contributed by atoms with Crippen LogP contribution in [0.3, 0.4) is 0 Å². The molecule has 0 radical (unpaired) electrons. The van der Waals surface area contributed by atoms with Crippen molar-refractivity contribution in [1.82, 2.24) is 24.6 Å². The Hall–Kier alpha value is -2.25. The molecule has 2 aromatic heterocycles.